The van der Waals surface area contributed by atoms with Gasteiger partial charge in [0.05, 0.1) is 11.1 Å². The maximum Gasteiger partial charge on any atom is 0.339 e. The predicted octanol–water partition coefficient (Wildman–Crippen LogP) is 2.07. The molecule has 6 heteroatoms. The van der Waals surface area contributed by atoms with Crippen molar-refractivity contribution in [1.82, 2.24) is 9.88 Å². The van der Waals surface area contributed by atoms with Crippen molar-refractivity contribution >= 4 is 11.9 Å². The van der Waals surface area contributed by atoms with E-state index in [0.717, 1.165) is 6.54 Å². The maximum absolute atomic E-state index is 11.9. The summed E-state index contributed by atoms with van der Waals surface area (Å²) in [6.07, 6.45) is 2.48. The number of aromatic carboxylic acids is 1. The third kappa shape index (κ3) is 5.19. The summed E-state index contributed by atoms with van der Waals surface area (Å²) in [5.74, 6) is -1.71. The number of carbonyl (C=O) groups is 2. The summed E-state index contributed by atoms with van der Waals surface area (Å²) in [5.41, 5.74) is 1.27. The van der Waals surface area contributed by atoms with Crippen molar-refractivity contribution in [2.24, 2.45) is 0 Å². The minimum Gasteiger partial charge on any atom is -0.478 e. The van der Waals surface area contributed by atoms with Gasteiger partial charge in [-0.25, -0.2) is 9.59 Å². The molecule has 23 heavy (non-hydrogen) atoms. The van der Waals surface area contributed by atoms with E-state index in [-0.39, 0.29) is 17.7 Å². The van der Waals surface area contributed by atoms with Gasteiger partial charge in [0.25, 0.3) is 0 Å². The maximum atomic E-state index is 11.9. The highest BCUT2D eigenvalue weighted by Crippen LogP contribution is 2.06. The Labute approximate surface area is 134 Å². The van der Waals surface area contributed by atoms with E-state index < -0.39 is 11.9 Å². The van der Waals surface area contributed by atoms with E-state index in [1.807, 2.05) is 42.3 Å². The number of likely N-dealkylation sites (N-methyl/N-ethyl adjacent to an activating group) is 1. The Balaban J connectivity index is 1.80. The standard InChI is InChI=1S/C17H18N2O4/c1-19(12-13-5-3-2-4-6-13)7-8-23-17(22)15-9-14(16(20)21)10-18-11-15/h2-6,9-11H,7-8,12H2,1H3,(H,20,21). The Morgan fingerprint density at radius 1 is 1.17 bits per heavy atom. The number of rotatable bonds is 7. The van der Waals surface area contributed by atoms with Crippen molar-refractivity contribution in [2.75, 3.05) is 20.2 Å². The normalized spacial score (nSPS) is 10.5. The number of hydrogen-bond acceptors (Lipinski definition) is 5. The number of esters is 1. The number of carbonyl (C=O) groups excluding carboxylic acids is 1. The van der Waals surface area contributed by atoms with Crippen LogP contribution < -0.4 is 0 Å². The fourth-order valence-electron chi connectivity index (χ4n) is 2.02. The summed E-state index contributed by atoms with van der Waals surface area (Å²) in [6.45, 7) is 1.56. The molecule has 120 valence electrons. The van der Waals surface area contributed by atoms with Crippen molar-refractivity contribution in [3.8, 4) is 0 Å². The van der Waals surface area contributed by atoms with Gasteiger partial charge in [0.2, 0.25) is 0 Å². The van der Waals surface area contributed by atoms with Crippen molar-refractivity contribution in [2.45, 2.75) is 6.54 Å². The molecule has 0 amide bonds. The third-order valence-electron chi connectivity index (χ3n) is 3.22. The van der Waals surface area contributed by atoms with Crippen LogP contribution in [-0.2, 0) is 11.3 Å². The summed E-state index contributed by atoms with van der Waals surface area (Å²) in [7, 11) is 1.94. The SMILES string of the molecule is CN(CCOC(=O)c1cncc(C(=O)O)c1)Cc1ccccc1. The van der Waals surface area contributed by atoms with Crippen LogP contribution in [-0.4, -0.2) is 47.1 Å². The van der Waals surface area contributed by atoms with Gasteiger partial charge in [-0.3, -0.25) is 9.88 Å². The molecule has 1 N–H and O–H groups in total. The Morgan fingerprint density at radius 2 is 1.87 bits per heavy atom. The molecule has 0 radical (unpaired) electrons. The highest BCUT2D eigenvalue weighted by Gasteiger charge is 2.12. The van der Waals surface area contributed by atoms with Gasteiger partial charge in [-0.2, -0.15) is 0 Å². The van der Waals surface area contributed by atoms with Crippen LogP contribution >= 0.6 is 0 Å². The van der Waals surface area contributed by atoms with Crippen LogP contribution in [0.3, 0.4) is 0 Å². The van der Waals surface area contributed by atoms with Gasteiger partial charge in [-0.15, -0.1) is 0 Å². The number of pyridine rings is 1. The van der Waals surface area contributed by atoms with Crippen LogP contribution in [0.5, 0.6) is 0 Å². The quantitative estimate of drug-likeness (QED) is 0.788. The Bertz CT molecular complexity index is 673. The molecule has 0 aliphatic carbocycles. The second-order valence-corrected chi connectivity index (χ2v) is 5.13. The zero-order valence-corrected chi connectivity index (χ0v) is 12.8. The minimum atomic E-state index is -1.13. The average Bonchev–Trinajstić information content (AvgIpc) is 2.55. The third-order valence-corrected chi connectivity index (χ3v) is 3.22. The monoisotopic (exact) mass is 314 g/mol. The fraction of sp³-hybridized carbons (Fsp3) is 0.235. The number of ether oxygens (including phenoxy) is 1. The summed E-state index contributed by atoms with van der Waals surface area (Å²) in [6, 6.07) is 11.2. The number of benzene rings is 1. The van der Waals surface area contributed by atoms with Crippen molar-refractivity contribution in [1.29, 1.82) is 0 Å². The fourth-order valence-corrected chi connectivity index (χ4v) is 2.02. The van der Waals surface area contributed by atoms with Gasteiger partial charge in [0.15, 0.2) is 0 Å². The Hall–Kier alpha value is -2.73. The van der Waals surface area contributed by atoms with Gasteiger partial charge >= 0.3 is 11.9 Å². The molecule has 0 aliphatic rings. The first-order valence-electron chi connectivity index (χ1n) is 7.14. The van der Waals surface area contributed by atoms with Crippen LogP contribution in [0.2, 0.25) is 0 Å². The van der Waals surface area contributed by atoms with Crippen molar-refractivity contribution in [3.05, 3.63) is 65.5 Å². The zero-order valence-electron chi connectivity index (χ0n) is 12.8. The molecule has 0 saturated heterocycles. The first-order chi connectivity index (χ1) is 11.1. The summed E-state index contributed by atoms with van der Waals surface area (Å²) in [4.78, 5) is 28.5. The molecule has 2 aromatic rings. The first kappa shape index (κ1) is 16.6. The largest absolute Gasteiger partial charge is 0.478 e. The van der Waals surface area contributed by atoms with Crippen LogP contribution in [0.4, 0.5) is 0 Å². The number of hydrogen-bond donors (Lipinski definition) is 1. The van der Waals surface area contributed by atoms with Crippen molar-refractivity contribution < 1.29 is 19.4 Å². The summed E-state index contributed by atoms with van der Waals surface area (Å²) >= 11 is 0. The molecule has 0 aliphatic heterocycles. The van der Waals surface area contributed by atoms with E-state index in [0.29, 0.717) is 6.54 Å². The molecule has 0 fully saturated rings. The predicted molar refractivity (Wildman–Crippen MR) is 84.3 cm³/mol. The van der Waals surface area contributed by atoms with Crippen LogP contribution in [0, 0.1) is 0 Å². The summed E-state index contributed by atoms with van der Waals surface area (Å²) < 4.78 is 5.16. The zero-order chi connectivity index (χ0) is 16.7. The van der Waals surface area contributed by atoms with Gasteiger partial charge in [0, 0.05) is 25.5 Å². The molecule has 2 rings (SSSR count). The lowest BCUT2D eigenvalue weighted by Gasteiger charge is -2.16. The molecule has 0 saturated carbocycles. The second kappa shape index (κ2) is 8.05. The number of aromatic nitrogens is 1. The smallest absolute Gasteiger partial charge is 0.339 e. The van der Waals surface area contributed by atoms with Crippen LogP contribution in [0.25, 0.3) is 0 Å². The lowest BCUT2D eigenvalue weighted by Crippen LogP contribution is -2.24. The van der Waals surface area contributed by atoms with Crippen LogP contribution in [0.1, 0.15) is 26.3 Å². The van der Waals surface area contributed by atoms with E-state index in [1.54, 1.807) is 0 Å². The topological polar surface area (TPSA) is 79.7 Å². The lowest BCUT2D eigenvalue weighted by atomic mass is 10.2. The molecular formula is C17H18N2O4. The highest BCUT2D eigenvalue weighted by molar-refractivity contribution is 5.93. The molecular weight excluding hydrogens is 296 g/mol. The number of carboxylic acids is 1. The van der Waals surface area contributed by atoms with E-state index in [9.17, 15) is 9.59 Å². The average molecular weight is 314 g/mol. The number of nitrogens with zero attached hydrogens (tertiary/aromatic N) is 2. The van der Waals surface area contributed by atoms with Gasteiger partial charge in [-0.1, -0.05) is 30.3 Å². The van der Waals surface area contributed by atoms with Crippen LogP contribution in [0.15, 0.2) is 48.8 Å². The Morgan fingerprint density at radius 3 is 2.57 bits per heavy atom. The molecule has 6 nitrogen and oxygen atoms in total. The molecule has 0 unspecified atom stereocenters. The molecule has 1 aromatic heterocycles. The summed E-state index contributed by atoms with van der Waals surface area (Å²) in [5, 5.41) is 8.88. The molecule has 0 bridgehead atoms. The minimum absolute atomic E-state index is 0.0411. The van der Waals surface area contributed by atoms with Gasteiger partial charge in [-0.05, 0) is 18.7 Å². The van der Waals surface area contributed by atoms with Gasteiger partial charge in [0.1, 0.15) is 6.61 Å². The van der Waals surface area contributed by atoms with E-state index in [4.69, 9.17) is 9.84 Å². The van der Waals surface area contributed by atoms with Gasteiger partial charge < -0.3 is 9.84 Å². The molecule has 0 atom stereocenters. The van der Waals surface area contributed by atoms with Crippen molar-refractivity contribution in [3.63, 3.8) is 0 Å². The lowest BCUT2D eigenvalue weighted by molar-refractivity contribution is 0.0470. The molecule has 0 spiro atoms. The molecule has 1 heterocycles. The highest BCUT2D eigenvalue weighted by atomic mass is 16.5. The molecule has 1 aromatic carbocycles. The van der Waals surface area contributed by atoms with E-state index in [2.05, 4.69) is 4.98 Å². The number of carboxylic acid groups (broad SMARTS) is 1. The first-order valence-corrected chi connectivity index (χ1v) is 7.14. The van der Waals surface area contributed by atoms with E-state index in [1.165, 1.54) is 24.0 Å². The Kier molecular flexibility index (Phi) is 5.82. The van der Waals surface area contributed by atoms with E-state index >= 15 is 0 Å². The second-order valence-electron chi connectivity index (χ2n) is 5.13.